The van der Waals surface area contributed by atoms with Crippen molar-refractivity contribution in [1.29, 1.82) is 0 Å². The van der Waals surface area contributed by atoms with Gasteiger partial charge >= 0.3 is 0 Å². The van der Waals surface area contributed by atoms with Gasteiger partial charge in [-0.1, -0.05) is 11.8 Å². The molecule has 20 heavy (non-hydrogen) atoms. The van der Waals surface area contributed by atoms with Crippen LogP contribution < -0.4 is 5.32 Å². The van der Waals surface area contributed by atoms with Crippen molar-refractivity contribution in [3.8, 4) is 17.6 Å². The highest BCUT2D eigenvalue weighted by Gasteiger charge is 2.10. The first-order valence-electron chi connectivity index (χ1n) is 5.85. The normalized spacial score (nSPS) is 9.45. The Kier molecular flexibility index (Phi) is 4.32. The lowest BCUT2D eigenvalue weighted by Gasteiger charge is -2.06. The summed E-state index contributed by atoms with van der Waals surface area (Å²) in [4.78, 5) is 15.6. The molecule has 0 bridgehead atoms. The number of aliphatic hydroxyl groups is 1. The lowest BCUT2D eigenvalue weighted by atomic mass is 10.2. The summed E-state index contributed by atoms with van der Waals surface area (Å²) < 4.78 is 0. The van der Waals surface area contributed by atoms with E-state index >= 15 is 0 Å². The van der Waals surface area contributed by atoms with Gasteiger partial charge in [0.2, 0.25) is 0 Å². The maximum atomic E-state index is 11.9. The van der Waals surface area contributed by atoms with E-state index in [1.54, 1.807) is 24.3 Å². The molecule has 1 aromatic heterocycles. The molecule has 1 amide bonds. The molecule has 0 fully saturated rings. The number of rotatable bonds is 2. The standard InChI is InChI=1S/C15H12N2O3/c18-9-1-2-11-3-5-12(6-4-11)17-15(20)13-7-8-16-10-14(13)19/h3-8,10,18-19H,9H2,(H,17,20). The number of pyridine rings is 1. The lowest BCUT2D eigenvalue weighted by molar-refractivity contribution is 0.102. The van der Waals surface area contributed by atoms with Crippen molar-refractivity contribution in [3.63, 3.8) is 0 Å². The fourth-order valence-corrected chi connectivity index (χ4v) is 1.56. The molecule has 1 aromatic carbocycles. The van der Waals surface area contributed by atoms with Crippen LogP contribution in [-0.2, 0) is 0 Å². The highest BCUT2D eigenvalue weighted by Crippen LogP contribution is 2.16. The number of aliphatic hydroxyl groups excluding tert-OH is 1. The highest BCUT2D eigenvalue weighted by molar-refractivity contribution is 6.05. The van der Waals surface area contributed by atoms with Crippen LogP contribution in [0.4, 0.5) is 5.69 Å². The van der Waals surface area contributed by atoms with Crippen molar-refractivity contribution in [2.24, 2.45) is 0 Å². The first-order chi connectivity index (χ1) is 9.70. The third kappa shape index (κ3) is 3.34. The van der Waals surface area contributed by atoms with Gasteiger partial charge in [-0.25, -0.2) is 0 Å². The SMILES string of the molecule is O=C(Nc1ccc(C#CCO)cc1)c1ccncc1O. The molecule has 100 valence electrons. The summed E-state index contributed by atoms with van der Waals surface area (Å²) in [5.41, 5.74) is 1.48. The van der Waals surface area contributed by atoms with E-state index in [0.29, 0.717) is 5.69 Å². The van der Waals surface area contributed by atoms with Crippen LogP contribution in [0.15, 0.2) is 42.7 Å². The summed E-state index contributed by atoms with van der Waals surface area (Å²) in [5.74, 6) is 4.70. The number of hydrogen-bond acceptors (Lipinski definition) is 4. The predicted octanol–water partition coefficient (Wildman–Crippen LogP) is 1.38. The zero-order valence-corrected chi connectivity index (χ0v) is 10.5. The number of nitrogens with zero attached hydrogens (tertiary/aromatic N) is 1. The summed E-state index contributed by atoms with van der Waals surface area (Å²) in [7, 11) is 0. The molecule has 5 heteroatoms. The topological polar surface area (TPSA) is 82.5 Å². The average Bonchev–Trinajstić information content (AvgIpc) is 2.47. The largest absolute Gasteiger partial charge is 0.505 e. The third-order valence-corrected chi connectivity index (χ3v) is 2.50. The van der Waals surface area contributed by atoms with Crippen LogP contribution in [0.5, 0.6) is 5.75 Å². The Morgan fingerprint density at radius 3 is 2.65 bits per heavy atom. The van der Waals surface area contributed by atoms with Crippen molar-refractivity contribution in [1.82, 2.24) is 4.98 Å². The van der Waals surface area contributed by atoms with Crippen LogP contribution in [0.3, 0.4) is 0 Å². The van der Waals surface area contributed by atoms with E-state index in [1.165, 1.54) is 18.5 Å². The Hall–Kier alpha value is -2.84. The van der Waals surface area contributed by atoms with Gasteiger partial charge in [0, 0.05) is 17.4 Å². The minimum absolute atomic E-state index is 0.157. The molecule has 3 N–H and O–H groups in total. The fraction of sp³-hybridized carbons (Fsp3) is 0.0667. The van der Waals surface area contributed by atoms with Gasteiger partial charge in [0.05, 0.1) is 11.8 Å². The molecule has 0 radical (unpaired) electrons. The zero-order chi connectivity index (χ0) is 14.4. The van der Waals surface area contributed by atoms with Gasteiger partial charge in [0.25, 0.3) is 5.91 Å². The summed E-state index contributed by atoms with van der Waals surface area (Å²) in [5, 5.41) is 20.8. The molecule has 0 saturated heterocycles. The minimum Gasteiger partial charge on any atom is -0.505 e. The van der Waals surface area contributed by atoms with Crippen molar-refractivity contribution in [2.45, 2.75) is 0 Å². The van der Waals surface area contributed by atoms with Gasteiger partial charge in [0.15, 0.2) is 0 Å². The number of carbonyl (C=O) groups excluding carboxylic acids is 1. The van der Waals surface area contributed by atoms with Crippen molar-refractivity contribution < 1.29 is 15.0 Å². The van der Waals surface area contributed by atoms with E-state index < -0.39 is 5.91 Å². The summed E-state index contributed by atoms with van der Waals surface area (Å²) >= 11 is 0. The molecular formula is C15H12N2O3. The Labute approximate surface area is 115 Å². The summed E-state index contributed by atoms with van der Waals surface area (Å²) in [6.07, 6.45) is 2.64. The number of carbonyl (C=O) groups is 1. The van der Waals surface area contributed by atoms with E-state index in [0.717, 1.165) is 5.56 Å². The average molecular weight is 268 g/mol. The van der Waals surface area contributed by atoms with E-state index in [2.05, 4.69) is 22.1 Å². The second-order valence-corrected chi connectivity index (χ2v) is 3.88. The molecular weight excluding hydrogens is 256 g/mol. The van der Waals surface area contributed by atoms with Crippen LogP contribution in [0.1, 0.15) is 15.9 Å². The molecule has 2 aromatic rings. The second kappa shape index (κ2) is 6.36. The second-order valence-electron chi connectivity index (χ2n) is 3.88. The van der Waals surface area contributed by atoms with Gasteiger partial charge in [-0.3, -0.25) is 9.78 Å². The number of nitrogens with one attached hydrogen (secondary N) is 1. The van der Waals surface area contributed by atoms with Crippen LogP contribution >= 0.6 is 0 Å². The molecule has 2 rings (SSSR count). The maximum Gasteiger partial charge on any atom is 0.259 e. The number of aromatic hydroxyl groups is 1. The Morgan fingerprint density at radius 2 is 2.00 bits per heavy atom. The minimum atomic E-state index is -0.418. The van der Waals surface area contributed by atoms with E-state index in [-0.39, 0.29) is 17.9 Å². The Morgan fingerprint density at radius 1 is 1.25 bits per heavy atom. The number of hydrogen-bond donors (Lipinski definition) is 3. The van der Waals surface area contributed by atoms with Crippen molar-refractivity contribution >= 4 is 11.6 Å². The molecule has 0 aliphatic heterocycles. The molecule has 0 aliphatic rings. The van der Waals surface area contributed by atoms with Crippen LogP contribution in [0, 0.1) is 11.8 Å². The van der Waals surface area contributed by atoms with E-state index in [4.69, 9.17) is 5.11 Å². The molecule has 0 aliphatic carbocycles. The maximum absolute atomic E-state index is 11.9. The summed E-state index contributed by atoms with van der Waals surface area (Å²) in [6, 6.07) is 8.27. The first kappa shape index (κ1) is 13.6. The molecule has 0 unspecified atom stereocenters. The highest BCUT2D eigenvalue weighted by atomic mass is 16.3. The predicted molar refractivity (Wildman–Crippen MR) is 74.3 cm³/mol. The zero-order valence-electron chi connectivity index (χ0n) is 10.5. The van der Waals surface area contributed by atoms with Gasteiger partial charge in [-0.2, -0.15) is 0 Å². The number of aromatic nitrogens is 1. The van der Waals surface area contributed by atoms with Gasteiger partial charge in [-0.15, -0.1) is 0 Å². The molecule has 0 spiro atoms. The van der Waals surface area contributed by atoms with Crippen LogP contribution in [0.2, 0.25) is 0 Å². The third-order valence-electron chi connectivity index (χ3n) is 2.50. The number of amides is 1. The number of benzene rings is 1. The molecule has 1 heterocycles. The lowest BCUT2D eigenvalue weighted by Crippen LogP contribution is -2.12. The Balaban J connectivity index is 2.11. The fourth-order valence-electron chi connectivity index (χ4n) is 1.56. The van der Waals surface area contributed by atoms with E-state index in [9.17, 15) is 9.90 Å². The van der Waals surface area contributed by atoms with Gasteiger partial charge in [0.1, 0.15) is 12.4 Å². The quantitative estimate of drug-likeness (QED) is 0.719. The van der Waals surface area contributed by atoms with Crippen LogP contribution in [-0.4, -0.2) is 27.7 Å². The smallest absolute Gasteiger partial charge is 0.259 e. The monoisotopic (exact) mass is 268 g/mol. The first-order valence-corrected chi connectivity index (χ1v) is 5.85. The van der Waals surface area contributed by atoms with Crippen LogP contribution in [0.25, 0.3) is 0 Å². The van der Waals surface area contributed by atoms with E-state index in [1.807, 2.05) is 0 Å². The van der Waals surface area contributed by atoms with Crippen molar-refractivity contribution in [2.75, 3.05) is 11.9 Å². The Bertz CT molecular complexity index is 670. The van der Waals surface area contributed by atoms with Crippen molar-refractivity contribution in [3.05, 3.63) is 53.9 Å². The molecule has 0 atom stereocenters. The summed E-state index contributed by atoms with van der Waals surface area (Å²) in [6.45, 7) is -0.195. The molecule has 5 nitrogen and oxygen atoms in total. The van der Waals surface area contributed by atoms with Gasteiger partial charge < -0.3 is 15.5 Å². The molecule has 0 saturated carbocycles. The number of anilines is 1. The van der Waals surface area contributed by atoms with Gasteiger partial charge in [-0.05, 0) is 30.3 Å².